The number of fused-ring (bicyclic) bond motifs is 1. The Morgan fingerprint density at radius 3 is 2.07 bits per heavy atom. The Morgan fingerprint density at radius 1 is 0.857 bits per heavy atom. The van der Waals surface area contributed by atoms with E-state index < -0.39 is 17.4 Å². The number of rotatable bonds is 6. The van der Waals surface area contributed by atoms with Crippen molar-refractivity contribution in [2.24, 2.45) is 0 Å². The van der Waals surface area contributed by atoms with Crippen LogP contribution in [0.3, 0.4) is 0 Å². The van der Waals surface area contributed by atoms with E-state index in [1.165, 1.54) is 59.8 Å². The molecule has 0 N–H and O–H groups in total. The van der Waals surface area contributed by atoms with Gasteiger partial charge in [0.25, 0.3) is 0 Å². The van der Waals surface area contributed by atoms with Crippen molar-refractivity contribution in [1.29, 1.82) is 0 Å². The Labute approximate surface area is 161 Å². The zero-order valence-corrected chi connectivity index (χ0v) is 16.2. The maximum atomic E-state index is 13.1. The van der Waals surface area contributed by atoms with Crippen LogP contribution in [0.4, 0.5) is 0 Å². The van der Waals surface area contributed by atoms with Gasteiger partial charge in [0, 0.05) is 6.08 Å². The zero-order chi connectivity index (χ0) is 20.8. The predicted molar refractivity (Wildman–Crippen MR) is 102 cm³/mol. The van der Waals surface area contributed by atoms with Crippen LogP contribution >= 0.6 is 0 Å². The van der Waals surface area contributed by atoms with Gasteiger partial charge in [-0.25, -0.2) is 9.59 Å². The molecule has 8 nitrogen and oxygen atoms in total. The Hall–Kier alpha value is -3.55. The molecular formula is C20H20O8. The van der Waals surface area contributed by atoms with Gasteiger partial charge in [-0.15, -0.1) is 0 Å². The highest BCUT2D eigenvalue weighted by molar-refractivity contribution is 6.02. The van der Waals surface area contributed by atoms with E-state index in [-0.39, 0.29) is 28.2 Å². The molecule has 0 amide bonds. The monoisotopic (exact) mass is 388 g/mol. The SMILES string of the molecule is COC(=O)/C=C/c1cc(OC)c(OC)c2c(=O)c(OC)cc(C(=O)OC)cc12. The molecule has 2 aromatic rings. The first-order chi connectivity index (χ1) is 13.4. The predicted octanol–water partition coefficient (Wildman–Crippen LogP) is 2.20. The van der Waals surface area contributed by atoms with Crippen LogP contribution in [0.5, 0.6) is 17.2 Å². The van der Waals surface area contributed by atoms with Crippen LogP contribution in [0.15, 0.2) is 29.1 Å². The number of benzene rings is 1. The minimum absolute atomic E-state index is 0.0788. The van der Waals surface area contributed by atoms with Gasteiger partial charge in [-0.3, -0.25) is 4.79 Å². The van der Waals surface area contributed by atoms with Gasteiger partial charge in [0.05, 0.1) is 46.5 Å². The van der Waals surface area contributed by atoms with E-state index in [1.54, 1.807) is 6.07 Å². The van der Waals surface area contributed by atoms with E-state index in [0.29, 0.717) is 10.9 Å². The standard InChI is InChI=1S/C20H20O8/c1-24-14-10-12(20(23)28-5)8-13-11(6-7-16(21)26-3)9-15(25-2)19(27-4)17(13)18(14)22/h6-10H,1-5H3/b7-6+. The average Bonchev–Trinajstić information content (AvgIpc) is 2.87. The van der Waals surface area contributed by atoms with Crippen molar-refractivity contribution in [2.75, 3.05) is 35.5 Å². The summed E-state index contributed by atoms with van der Waals surface area (Å²) in [4.78, 5) is 36.8. The third-order valence-electron chi connectivity index (χ3n) is 4.02. The summed E-state index contributed by atoms with van der Waals surface area (Å²) in [5.74, 6) is -0.887. The van der Waals surface area contributed by atoms with Gasteiger partial charge in [0.2, 0.25) is 5.43 Å². The van der Waals surface area contributed by atoms with Crippen molar-refractivity contribution in [3.05, 3.63) is 45.6 Å². The van der Waals surface area contributed by atoms with Gasteiger partial charge >= 0.3 is 11.9 Å². The van der Waals surface area contributed by atoms with E-state index in [0.717, 1.165) is 0 Å². The molecule has 2 rings (SSSR count). The summed E-state index contributed by atoms with van der Waals surface area (Å²) in [5, 5.41) is 0.463. The van der Waals surface area contributed by atoms with Crippen LogP contribution in [0.1, 0.15) is 15.9 Å². The molecule has 0 spiro atoms. The van der Waals surface area contributed by atoms with Crippen LogP contribution < -0.4 is 19.6 Å². The molecule has 8 heteroatoms. The molecule has 0 atom stereocenters. The van der Waals surface area contributed by atoms with E-state index in [4.69, 9.17) is 18.9 Å². The number of hydrogen-bond acceptors (Lipinski definition) is 8. The van der Waals surface area contributed by atoms with Crippen molar-refractivity contribution < 1.29 is 33.3 Å². The third kappa shape index (κ3) is 3.90. The highest BCUT2D eigenvalue weighted by atomic mass is 16.5. The first kappa shape index (κ1) is 20.8. The van der Waals surface area contributed by atoms with Gasteiger partial charge in [-0.2, -0.15) is 0 Å². The highest BCUT2D eigenvalue weighted by Crippen LogP contribution is 2.37. The van der Waals surface area contributed by atoms with E-state index in [2.05, 4.69) is 4.74 Å². The molecule has 0 radical (unpaired) electrons. The Morgan fingerprint density at radius 2 is 1.54 bits per heavy atom. The fraction of sp³-hybridized carbons (Fsp3) is 0.250. The largest absolute Gasteiger partial charge is 0.493 e. The summed E-state index contributed by atoms with van der Waals surface area (Å²) >= 11 is 0. The number of carbonyl (C=O) groups is 2. The topological polar surface area (TPSA) is 97.4 Å². The van der Waals surface area contributed by atoms with Crippen molar-refractivity contribution in [1.82, 2.24) is 0 Å². The third-order valence-corrected chi connectivity index (χ3v) is 4.02. The van der Waals surface area contributed by atoms with Crippen molar-refractivity contribution >= 4 is 28.8 Å². The van der Waals surface area contributed by atoms with E-state index in [1.807, 2.05) is 0 Å². The normalized spacial score (nSPS) is 10.6. The average molecular weight is 388 g/mol. The molecule has 0 heterocycles. The fourth-order valence-electron chi connectivity index (χ4n) is 2.69. The molecular weight excluding hydrogens is 368 g/mol. The summed E-state index contributed by atoms with van der Waals surface area (Å²) in [7, 11) is 6.59. The van der Waals surface area contributed by atoms with Gasteiger partial charge in [0.15, 0.2) is 17.2 Å². The summed E-state index contributed by atoms with van der Waals surface area (Å²) in [6, 6.07) is 4.32. The number of ether oxygens (including phenoxy) is 5. The Bertz CT molecular complexity index is 1010. The lowest BCUT2D eigenvalue weighted by atomic mass is 10.0. The summed E-state index contributed by atoms with van der Waals surface area (Å²) in [5.41, 5.74) is 0.000986. The lowest BCUT2D eigenvalue weighted by Gasteiger charge is -2.12. The Balaban J connectivity index is 3.08. The van der Waals surface area contributed by atoms with Crippen LogP contribution in [0.25, 0.3) is 16.8 Å². The van der Waals surface area contributed by atoms with Crippen molar-refractivity contribution in [3.63, 3.8) is 0 Å². The summed E-state index contributed by atoms with van der Waals surface area (Å²) in [6.07, 6.45) is 2.64. The van der Waals surface area contributed by atoms with Gasteiger partial charge in [0.1, 0.15) is 0 Å². The minimum Gasteiger partial charge on any atom is -0.493 e. The molecule has 0 aliphatic rings. The van der Waals surface area contributed by atoms with Crippen molar-refractivity contribution in [3.8, 4) is 17.2 Å². The molecule has 0 saturated carbocycles. The maximum absolute atomic E-state index is 13.1. The van der Waals surface area contributed by atoms with Gasteiger partial charge < -0.3 is 23.7 Å². The molecule has 0 aliphatic carbocycles. The molecule has 0 unspecified atom stereocenters. The number of methoxy groups -OCH3 is 5. The van der Waals surface area contributed by atoms with Gasteiger partial charge in [-0.05, 0) is 35.2 Å². The molecule has 0 aromatic heterocycles. The second-order valence-corrected chi connectivity index (χ2v) is 5.48. The molecule has 0 saturated heterocycles. The molecule has 28 heavy (non-hydrogen) atoms. The number of esters is 2. The quantitative estimate of drug-likeness (QED) is 0.549. The maximum Gasteiger partial charge on any atom is 0.338 e. The van der Waals surface area contributed by atoms with Gasteiger partial charge in [-0.1, -0.05) is 0 Å². The summed E-state index contributed by atoms with van der Waals surface area (Å²) in [6.45, 7) is 0. The minimum atomic E-state index is -0.659. The molecule has 2 aromatic carbocycles. The highest BCUT2D eigenvalue weighted by Gasteiger charge is 2.20. The second-order valence-electron chi connectivity index (χ2n) is 5.48. The number of carbonyl (C=O) groups excluding carboxylic acids is 2. The fourth-order valence-corrected chi connectivity index (χ4v) is 2.69. The van der Waals surface area contributed by atoms with E-state index >= 15 is 0 Å². The van der Waals surface area contributed by atoms with Crippen LogP contribution in [-0.2, 0) is 14.3 Å². The zero-order valence-electron chi connectivity index (χ0n) is 16.2. The lowest BCUT2D eigenvalue weighted by molar-refractivity contribution is -0.134. The summed E-state index contributed by atoms with van der Waals surface area (Å²) < 4.78 is 25.3. The smallest absolute Gasteiger partial charge is 0.338 e. The Kier molecular flexibility index (Phi) is 6.59. The lowest BCUT2D eigenvalue weighted by Crippen LogP contribution is -2.06. The van der Waals surface area contributed by atoms with Crippen LogP contribution in [0, 0.1) is 0 Å². The molecule has 0 fully saturated rings. The molecule has 148 valence electrons. The van der Waals surface area contributed by atoms with E-state index in [9.17, 15) is 14.4 Å². The van der Waals surface area contributed by atoms with Crippen molar-refractivity contribution in [2.45, 2.75) is 0 Å². The number of hydrogen-bond donors (Lipinski definition) is 0. The molecule has 0 bridgehead atoms. The second kappa shape index (κ2) is 8.90. The van der Waals surface area contributed by atoms with Crippen LogP contribution in [0.2, 0.25) is 0 Å². The first-order valence-corrected chi connectivity index (χ1v) is 8.07. The first-order valence-electron chi connectivity index (χ1n) is 8.07. The van der Waals surface area contributed by atoms with Crippen LogP contribution in [-0.4, -0.2) is 47.5 Å². The molecule has 0 aliphatic heterocycles.